The van der Waals surface area contributed by atoms with Crippen LogP contribution in [0.5, 0.6) is 0 Å². The number of halogens is 2. The molecule has 0 radical (unpaired) electrons. The van der Waals surface area contributed by atoms with Crippen molar-refractivity contribution >= 4 is 51.5 Å². The van der Waals surface area contributed by atoms with Crippen molar-refractivity contribution in [3.05, 3.63) is 80.3 Å². The van der Waals surface area contributed by atoms with E-state index in [1.54, 1.807) is 30.5 Å². The summed E-state index contributed by atoms with van der Waals surface area (Å²) in [7, 11) is 1.31. The van der Waals surface area contributed by atoms with Gasteiger partial charge in [0, 0.05) is 33.1 Å². The van der Waals surface area contributed by atoms with Crippen LogP contribution in [0, 0.1) is 0 Å². The molecule has 1 heterocycles. The van der Waals surface area contributed by atoms with Crippen molar-refractivity contribution in [1.29, 1.82) is 0 Å². The number of hydrogen-bond acceptors (Lipinski definition) is 5. The average molecular weight is 421 g/mol. The lowest BCUT2D eigenvalue weighted by molar-refractivity contribution is 0.0600. The number of methoxy groups -OCH3 is 1. The van der Waals surface area contributed by atoms with Crippen LogP contribution in [0.25, 0.3) is 0 Å². The number of aromatic nitrogens is 1. The number of anilines is 1. The molecule has 0 atom stereocenters. The minimum absolute atomic E-state index is 0.312. The van der Waals surface area contributed by atoms with Crippen LogP contribution in [-0.4, -0.2) is 24.0 Å². The second-order valence-corrected chi connectivity index (χ2v) is 7.53. The number of ether oxygens (including phenoxy) is 1. The van der Waals surface area contributed by atoms with Gasteiger partial charge < -0.3 is 4.74 Å². The van der Waals surface area contributed by atoms with Crippen LogP contribution >= 0.6 is 34.5 Å². The minimum Gasteiger partial charge on any atom is -0.465 e. The van der Waals surface area contributed by atoms with Crippen LogP contribution in [0.1, 0.15) is 31.2 Å². The highest BCUT2D eigenvalue weighted by Crippen LogP contribution is 2.27. The van der Waals surface area contributed by atoms with E-state index in [9.17, 15) is 9.59 Å². The van der Waals surface area contributed by atoms with Crippen LogP contribution in [-0.2, 0) is 11.2 Å². The molecule has 8 heteroatoms. The fourth-order valence-electron chi connectivity index (χ4n) is 2.36. The van der Waals surface area contributed by atoms with Gasteiger partial charge in [-0.2, -0.15) is 0 Å². The summed E-state index contributed by atoms with van der Waals surface area (Å²) in [4.78, 5) is 28.9. The van der Waals surface area contributed by atoms with Gasteiger partial charge in [-0.1, -0.05) is 23.2 Å². The lowest BCUT2D eigenvalue weighted by Crippen LogP contribution is -2.12. The van der Waals surface area contributed by atoms with Gasteiger partial charge in [-0.05, 0) is 48.0 Å². The molecule has 0 bridgehead atoms. The van der Waals surface area contributed by atoms with Crippen molar-refractivity contribution in [3.8, 4) is 0 Å². The van der Waals surface area contributed by atoms with Gasteiger partial charge in [0.2, 0.25) is 0 Å². The molecular weight excluding hydrogens is 407 g/mol. The van der Waals surface area contributed by atoms with Gasteiger partial charge in [-0.15, -0.1) is 11.3 Å². The Balaban J connectivity index is 1.67. The van der Waals surface area contributed by atoms with E-state index < -0.39 is 5.97 Å². The summed E-state index contributed by atoms with van der Waals surface area (Å²) in [6.45, 7) is 0. The predicted octanol–water partition coefficient (Wildman–Crippen LogP) is 5.08. The summed E-state index contributed by atoms with van der Waals surface area (Å²) in [6, 6.07) is 11.5. The first-order chi connectivity index (χ1) is 13.0. The number of nitrogens with one attached hydrogen (secondary N) is 1. The number of benzene rings is 2. The molecule has 0 aliphatic carbocycles. The number of thiazole rings is 1. The fraction of sp³-hybridized carbons (Fsp3) is 0.105. The normalized spacial score (nSPS) is 10.5. The molecule has 0 aliphatic heterocycles. The van der Waals surface area contributed by atoms with E-state index in [0.717, 1.165) is 10.4 Å². The Morgan fingerprint density at radius 1 is 1.11 bits per heavy atom. The molecule has 1 N–H and O–H groups in total. The topological polar surface area (TPSA) is 68.3 Å². The molecule has 1 aromatic heterocycles. The largest absolute Gasteiger partial charge is 0.465 e. The van der Waals surface area contributed by atoms with E-state index in [1.165, 1.54) is 30.6 Å². The highest BCUT2D eigenvalue weighted by molar-refractivity contribution is 7.15. The third-order valence-corrected chi connectivity index (χ3v) is 5.23. The molecule has 3 rings (SSSR count). The zero-order valence-corrected chi connectivity index (χ0v) is 16.5. The van der Waals surface area contributed by atoms with Crippen molar-refractivity contribution in [2.24, 2.45) is 0 Å². The highest BCUT2D eigenvalue weighted by Gasteiger charge is 2.12. The summed E-state index contributed by atoms with van der Waals surface area (Å²) >= 11 is 13.6. The number of rotatable bonds is 5. The molecule has 1 amide bonds. The number of hydrogen-bond donors (Lipinski definition) is 1. The minimum atomic E-state index is -0.453. The van der Waals surface area contributed by atoms with Gasteiger partial charge in [0.25, 0.3) is 5.91 Å². The zero-order valence-electron chi connectivity index (χ0n) is 14.2. The molecular formula is C19H14Cl2N2O3S. The smallest absolute Gasteiger partial charge is 0.337 e. The first-order valence-electron chi connectivity index (χ1n) is 7.84. The molecule has 0 aliphatic rings. The molecule has 0 saturated heterocycles. The molecule has 0 fully saturated rings. The number of esters is 1. The van der Waals surface area contributed by atoms with Crippen LogP contribution in [0.2, 0.25) is 10.0 Å². The number of amides is 1. The molecule has 0 saturated carbocycles. The summed E-state index contributed by atoms with van der Waals surface area (Å²) in [5, 5.41) is 4.47. The Labute approximate surface area is 169 Å². The van der Waals surface area contributed by atoms with Gasteiger partial charge >= 0.3 is 5.97 Å². The van der Waals surface area contributed by atoms with E-state index in [4.69, 9.17) is 23.2 Å². The molecule has 2 aromatic carbocycles. The van der Waals surface area contributed by atoms with E-state index in [0.29, 0.717) is 32.7 Å². The molecule has 27 heavy (non-hydrogen) atoms. The standard InChI is InChI=1S/C19H14Cl2N2O3S/c1-26-18(25)12-4-2-11(3-5-12)17(24)23-19-22-10-15(27-19)9-13-8-14(20)6-7-16(13)21/h2-8,10H,9H2,1H3,(H,22,23,24). The zero-order chi connectivity index (χ0) is 19.4. The Bertz CT molecular complexity index is 987. The Hall–Kier alpha value is -2.41. The lowest BCUT2D eigenvalue weighted by atomic mass is 10.1. The molecule has 138 valence electrons. The third kappa shape index (κ3) is 4.86. The molecule has 0 spiro atoms. The van der Waals surface area contributed by atoms with Gasteiger partial charge in [-0.25, -0.2) is 9.78 Å². The van der Waals surface area contributed by atoms with E-state index >= 15 is 0 Å². The van der Waals surface area contributed by atoms with Gasteiger partial charge in [0.05, 0.1) is 12.7 Å². The Kier molecular flexibility index (Phi) is 6.11. The Morgan fingerprint density at radius 3 is 2.52 bits per heavy atom. The maximum Gasteiger partial charge on any atom is 0.337 e. The second-order valence-electron chi connectivity index (χ2n) is 5.57. The Morgan fingerprint density at radius 2 is 1.81 bits per heavy atom. The van der Waals surface area contributed by atoms with E-state index in [2.05, 4.69) is 15.0 Å². The highest BCUT2D eigenvalue weighted by atomic mass is 35.5. The fourth-order valence-corrected chi connectivity index (χ4v) is 3.57. The summed E-state index contributed by atoms with van der Waals surface area (Å²) < 4.78 is 4.63. The van der Waals surface area contributed by atoms with Crippen LogP contribution in [0.15, 0.2) is 48.7 Å². The van der Waals surface area contributed by atoms with E-state index in [1.807, 2.05) is 6.07 Å². The second kappa shape index (κ2) is 8.52. The van der Waals surface area contributed by atoms with Crippen molar-refractivity contribution in [2.75, 3.05) is 12.4 Å². The third-order valence-electron chi connectivity index (χ3n) is 3.71. The monoisotopic (exact) mass is 420 g/mol. The summed E-state index contributed by atoms with van der Waals surface area (Å²) in [5.41, 5.74) is 1.69. The van der Waals surface area contributed by atoms with E-state index in [-0.39, 0.29) is 5.91 Å². The number of carbonyl (C=O) groups is 2. The summed E-state index contributed by atoms with van der Waals surface area (Å²) in [5.74, 6) is -0.765. The van der Waals surface area contributed by atoms with Crippen molar-refractivity contribution in [3.63, 3.8) is 0 Å². The number of carbonyl (C=O) groups excluding carboxylic acids is 2. The molecule has 0 unspecified atom stereocenters. The molecule has 3 aromatic rings. The first-order valence-corrected chi connectivity index (χ1v) is 9.42. The van der Waals surface area contributed by atoms with Crippen LogP contribution < -0.4 is 5.32 Å². The predicted molar refractivity (Wildman–Crippen MR) is 107 cm³/mol. The number of nitrogens with zero attached hydrogens (tertiary/aromatic N) is 1. The van der Waals surface area contributed by atoms with Crippen molar-refractivity contribution in [2.45, 2.75) is 6.42 Å². The SMILES string of the molecule is COC(=O)c1ccc(C(=O)Nc2ncc(Cc3cc(Cl)ccc3Cl)s2)cc1. The van der Waals surface area contributed by atoms with Gasteiger partial charge in [-0.3, -0.25) is 10.1 Å². The van der Waals surface area contributed by atoms with Crippen LogP contribution in [0.4, 0.5) is 5.13 Å². The van der Waals surface area contributed by atoms with Gasteiger partial charge in [0.15, 0.2) is 5.13 Å². The lowest BCUT2D eigenvalue weighted by Gasteiger charge is -2.04. The first kappa shape index (κ1) is 19.4. The van der Waals surface area contributed by atoms with Crippen LogP contribution in [0.3, 0.4) is 0 Å². The average Bonchev–Trinajstić information content (AvgIpc) is 3.11. The maximum absolute atomic E-state index is 12.3. The van der Waals surface area contributed by atoms with Gasteiger partial charge in [0.1, 0.15) is 0 Å². The van der Waals surface area contributed by atoms with Crippen molar-refractivity contribution in [1.82, 2.24) is 4.98 Å². The summed E-state index contributed by atoms with van der Waals surface area (Å²) in [6.07, 6.45) is 2.26. The quantitative estimate of drug-likeness (QED) is 0.584. The maximum atomic E-state index is 12.3. The molecule has 5 nitrogen and oxygen atoms in total. The van der Waals surface area contributed by atoms with Crippen molar-refractivity contribution < 1.29 is 14.3 Å².